The van der Waals surface area contributed by atoms with Crippen LogP contribution in [0.5, 0.6) is 0 Å². The maximum Gasteiger partial charge on any atom is 0.180 e. The number of fused-ring (bicyclic) bond motifs is 2. The Morgan fingerprint density at radius 1 is 0.958 bits per heavy atom. The highest BCUT2D eigenvalue weighted by atomic mass is 15.2. The number of imidazole rings is 2. The highest BCUT2D eigenvalue weighted by molar-refractivity contribution is 5.72. The van der Waals surface area contributed by atoms with E-state index in [0.29, 0.717) is 11.8 Å². The van der Waals surface area contributed by atoms with Gasteiger partial charge >= 0.3 is 0 Å². The molecule has 0 spiro atoms. The van der Waals surface area contributed by atoms with Gasteiger partial charge in [0, 0.05) is 12.4 Å². The summed E-state index contributed by atoms with van der Waals surface area (Å²) in [6.07, 6.45) is 6.82. The number of hydrogen-bond acceptors (Lipinski definition) is 5. The largest absolute Gasteiger partial charge is 0.342 e. The normalized spacial score (nSPS) is 11.2. The average Bonchev–Trinajstić information content (AvgIpc) is 3.22. The van der Waals surface area contributed by atoms with E-state index in [1.54, 1.807) is 23.4 Å². The van der Waals surface area contributed by atoms with E-state index in [1.807, 2.05) is 18.3 Å². The van der Waals surface area contributed by atoms with Crippen molar-refractivity contribution in [2.75, 3.05) is 0 Å². The van der Waals surface area contributed by atoms with E-state index in [9.17, 15) is 0 Å². The van der Waals surface area contributed by atoms with E-state index in [2.05, 4.69) is 57.7 Å². The van der Waals surface area contributed by atoms with Gasteiger partial charge in [0.15, 0.2) is 11.3 Å². The molecule has 4 aromatic rings. The van der Waals surface area contributed by atoms with Crippen molar-refractivity contribution >= 4 is 16.8 Å². The Morgan fingerprint density at radius 3 is 2.54 bits per heavy atom. The van der Waals surface area contributed by atoms with E-state index >= 15 is 0 Å². The lowest BCUT2D eigenvalue weighted by atomic mass is 10.1. The standard InChI is InChI=1S/C9H11N3.C8H10N4/c1-7(2)8-3-4-9-10-5-6-12(9)11-8;1-5(2)6-7-8(11-3-9-6)12-4-10-7/h3-7H,1-2H3;3-5H,1-2H3,(H,9,10,11,12). The molecule has 0 saturated heterocycles. The Balaban J connectivity index is 0.000000141. The molecular weight excluding hydrogens is 302 g/mol. The second-order valence-electron chi connectivity index (χ2n) is 6.16. The van der Waals surface area contributed by atoms with Crippen LogP contribution in [0.1, 0.15) is 50.9 Å². The van der Waals surface area contributed by atoms with Gasteiger partial charge in [0.05, 0.1) is 17.7 Å². The van der Waals surface area contributed by atoms with E-state index in [0.717, 1.165) is 28.2 Å². The first kappa shape index (κ1) is 16.0. The van der Waals surface area contributed by atoms with Gasteiger partial charge in [-0.05, 0) is 24.0 Å². The topological polar surface area (TPSA) is 84.7 Å². The minimum Gasteiger partial charge on any atom is -0.342 e. The van der Waals surface area contributed by atoms with Crippen LogP contribution in [0.3, 0.4) is 0 Å². The predicted molar refractivity (Wildman–Crippen MR) is 92.8 cm³/mol. The summed E-state index contributed by atoms with van der Waals surface area (Å²) in [6.45, 7) is 8.46. The van der Waals surface area contributed by atoms with E-state index in [-0.39, 0.29) is 0 Å². The van der Waals surface area contributed by atoms with Crippen LogP contribution in [-0.2, 0) is 0 Å². The van der Waals surface area contributed by atoms with E-state index in [4.69, 9.17) is 0 Å². The van der Waals surface area contributed by atoms with E-state index < -0.39 is 0 Å². The molecule has 0 aliphatic carbocycles. The van der Waals surface area contributed by atoms with Crippen molar-refractivity contribution in [1.29, 1.82) is 0 Å². The van der Waals surface area contributed by atoms with Crippen molar-refractivity contribution in [2.24, 2.45) is 0 Å². The molecule has 124 valence electrons. The van der Waals surface area contributed by atoms with Crippen molar-refractivity contribution in [3.05, 3.63) is 48.6 Å². The number of rotatable bonds is 2. The molecule has 0 bridgehead atoms. The minimum atomic E-state index is 0.399. The Bertz CT molecular complexity index is 935. The molecule has 1 N–H and O–H groups in total. The molecule has 0 aliphatic heterocycles. The van der Waals surface area contributed by atoms with Gasteiger partial charge in [-0.1, -0.05) is 27.7 Å². The average molecular weight is 323 g/mol. The SMILES string of the molecule is CC(C)c1ccc2nccn2n1.CC(C)c1ncnc2nc[nH]c12. The fraction of sp³-hybridized carbons (Fsp3) is 0.353. The molecule has 0 amide bonds. The Kier molecular flexibility index (Phi) is 4.50. The zero-order valence-electron chi connectivity index (χ0n) is 14.3. The monoisotopic (exact) mass is 323 g/mol. The van der Waals surface area contributed by atoms with Crippen LogP contribution < -0.4 is 0 Å². The zero-order chi connectivity index (χ0) is 17.1. The second kappa shape index (κ2) is 6.74. The van der Waals surface area contributed by atoms with Crippen LogP contribution >= 0.6 is 0 Å². The highest BCUT2D eigenvalue weighted by Crippen LogP contribution is 2.17. The number of aromatic nitrogens is 7. The predicted octanol–water partition coefficient (Wildman–Crippen LogP) is 3.33. The molecule has 4 rings (SSSR count). The first-order valence-electron chi connectivity index (χ1n) is 8.00. The molecule has 0 saturated carbocycles. The van der Waals surface area contributed by atoms with Crippen LogP contribution in [0, 0.1) is 0 Å². The summed E-state index contributed by atoms with van der Waals surface area (Å²) in [5.41, 5.74) is 4.72. The summed E-state index contributed by atoms with van der Waals surface area (Å²) in [7, 11) is 0. The first-order chi connectivity index (χ1) is 11.6. The molecule has 0 radical (unpaired) electrons. The number of hydrogen-bond donors (Lipinski definition) is 1. The van der Waals surface area contributed by atoms with Gasteiger partial charge in [-0.2, -0.15) is 5.10 Å². The Labute approximate surface area is 140 Å². The summed E-state index contributed by atoms with van der Waals surface area (Å²) in [4.78, 5) is 19.4. The maximum absolute atomic E-state index is 4.39. The molecule has 4 heterocycles. The highest BCUT2D eigenvalue weighted by Gasteiger charge is 2.08. The molecule has 0 aliphatic rings. The number of nitrogens with one attached hydrogen (secondary N) is 1. The van der Waals surface area contributed by atoms with Crippen LogP contribution in [0.2, 0.25) is 0 Å². The fourth-order valence-electron chi connectivity index (χ4n) is 2.36. The van der Waals surface area contributed by atoms with Gasteiger partial charge in [0.25, 0.3) is 0 Å². The molecule has 7 nitrogen and oxygen atoms in total. The first-order valence-corrected chi connectivity index (χ1v) is 8.00. The third-order valence-electron chi connectivity index (χ3n) is 3.67. The van der Waals surface area contributed by atoms with Gasteiger partial charge in [-0.15, -0.1) is 0 Å². The molecule has 0 unspecified atom stereocenters. The van der Waals surface area contributed by atoms with Gasteiger partial charge in [0.1, 0.15) is 11.8 Å². The van der Waals surface area contributed by atoms with Gasteiger partial charge in [-0.25, -0.2) is 24.5 Å². The summed E-state index contributed by atoms with van der Waals surface area (Å²) >= 11 is 0. The molecule has 4 aromatic heterocycles. The third-order valence-corrected chi connectivity index (χ3v) is 3.67. The zero-order valence-corrected chi connectivity index (χ0v) is 14.3. The quantitative estimate of drug-likeness (QED) is 0.611. The number of H-pyrrole nitrogens is 1. The minimum absolute atomic E-state index is 0.399. The lowest BCUT2D eigenvalue weighted by Crippen LogP contribution is -1.98. The maximum atomic E-state index is 4.39. The fourth-order valence-corrected chi connectivity index (χ4v) is 2.36. The van der Waals surface area contributed by atoms with Gasteiger partial charge in [-0.3, -0.25) is 0 Å². The molecule has 7 heteroatoms. The molecule has 0 aromatic carbocycles. The van der Waals surface area contributed by atoms with Crippen molar-refractivity contribution in [2.45, 2.75) is 39.5 Å². The van der Waals surface area contributed by atoms with Crippen molar-refractivity contribution in [1.82, 2.24) is 34.5 Å². The molecule has 0 fully saturated rings. The summed E-state index contributed by atoms with van der Waals surface area (Å²) in [5, 5.41) is 4.39. The summed E-state index contributed by atoms with van der Waals surface area (Å²) in [5.74, 6) is 0.868. The lowest BCUT2D eigenvalue weighted by molar-refractivity contribution is 0.764. The van der Waals surface area contributed by atoms with Crippen LogP contribution in [0.25, 0.3) is 16.8 Å². The van der Waals surface area contributed by atoms with Crippen LogP contribution in [-0.4, -0.2) is 34.5 Å². The summed E-state index contributed by atoms with van der Waals surface area (Å²) in [6, 6.07) is 4.01. The molecule has 24 heavy (non-hydrogen) atoms. The van der Waals surface area contributed by atoms with Gasteiger partial charge < -0.3 is 4.98 Å². The van der Waals surface area contributed by atoms with Crippen molar-refractivity contribution in [3.8, 4) is 0 Å². The Morgan fingerprint density at radius 2 is 1.79 bits per heavy atom. The Hall–Kier alpha value is -2.83. The number of nitrogens with zero attached hydrogens (tertiary/aromatic N) is 6. The second-order valence-corrected chi connectivity index (χ2v) is 6.16. The molecular formula is C17H21N7. The summed E-state index contributed by atoms with van der Waals surface area (Å²) < 4.78 is 1.80. The van der Waals surface area contributed by atoms with E-state index in [1.165, 1.54) is 0 Å². The molecule has 0 atom stereocenters. The number of aromatic amines is 1. The van der Waals surface area contributed by atoms with Crippen LogP contribution in [0.15, 0.2) is 37.2 Å². The third kappa shape index (κ3) is 3.24. The van der Waals surface area contributed by atoms with Crippen molar-refractivity contribution in [3.63, 3.8) is 0 Å². The van der Waals surface area contributed by atoms with Crippen molar-refractivity contribution < 1.29 is 0 Å². The smallest absolute Gasteiger partial charge is 0.180 e. The lowest BCUT2D eigenvalue weighted by Gasteiger charge is -2.02. The van der Waals surface area contributed by atoms with Gasteiger partial charge in [0.2, 0.25) is 0 Å². The van der Waals surface area contributed by atoms with Crippen LogP contribution in [0.4, 0.5) is 0 Å².